The maximum Gasteiger partial charge on any atom is 0.410 e. The highest BCUT2D eigenvalue weighted by molar-refractivity contribution is 5.93. The molecule has 0 fully saturated rings. The Morgan fingerprint density at radius 2 is 2.00 bits per heavy atom. The lowest BCUT2D eigenvalue weighted by Gasteiger charge is -2.26. The van der Waals surface area contributed by atoms with Crippen molar-refractivity contribution in [2.75, 3.05) is 13.2 Å². The van der Waals surface area contributed by atoms with Gasteiger partial charge < -0.3 is 20.1 Å². The molecule has 22 heavy (non-hydrogen) atoms. The van der Waals surface area contributed by atoms with Crippen LogP contribution >= 0.6 is 0 Å². The topological polar surface area (TPSA) is 81.9 Å². The molecule has 0 saturated heterocycles. The van der Waals surface area contributed by atoms with Gasteiger partial charge in [0.1, 0.15) is 18.0 Å². The van der Waals surface area contributed by atoms with Crippen molar-refractivity contribution >= 4 is 12.0 Å². The number of primary amides is 1. The fourth-order valence-electron chi connectivity index (χ4n) is 2.28. The summed E-state index contributed by atoms with van der Waals surface area (Å²) >= 11 is 0. The second-order valence-corrected chi connectivity index (χ2v) is 6.38. The van der Waals surface area contributed by atoms with Crippen LogP contribution < -0.4 is 10.5 Å². The molecule has 0 aromatic heterocycles. The summed E-state index contributed by atoms with van der Waals surface area (Å²) in [6, 6.07) is 3.34. The van der Waals surface area contributed by atoms with Crippen molar-refractivity contribution < 1.29 is 19.1 Å². The first-order valence-electron chi connectivity index (χ1n) is 7.21. The second kappa shape index (κ2) is 5.87. The lowest BCUT2D eigenvalue weighted by molar-refractivity contribution is 0.0225. The molecule has 6 nitrogen and oxygen atoms in total. The molecule has 2 amide bonds. The van der Waals surface area contributed by atoms with E-state index in [1.165, 1.54) is 0 Å². The lowest BCUT2D eigenvalue weighted by atomic mass is 10.0. The summed E-state index contributed by atoms with van der Waals surface area (Å²) in [6.45, 7) is 8.51. The molecule has 0 radical (unpaired) electrons. The number of benzene rings is 1. The van der Waals surface area contributed by atoms with Gasteiger partial charge in [0, 0.05) is 11.1 Å². The van der Waals surface area contributed by atoms with E-state index < -0.39 is 11.5 Å². The zero-order chi connectivity index (χ0) is 16.5. The van der Waals surface area contributed by atoms with E-state index in [9.17, 15) is 9.59 Å². The third-order valence-corrected chi connectivity index (χ3v) is 3.34. The van der Waals surface area contributed by atoms with Gasteiger partial charge in [-0.2, -0.15) is 0 Å². The zero-order valence-corrected chi connectivity index (χ0v) is 13.4. The summed E-state index contributed by atoms with van der Waals surface area (Å²) in [6.07, 6.45) is -0.373. The molecule has 0 aliphatic carbocycles. The smallest absolute Gasteiger partial charge is 0.410 e. The molecule has 1 aromatic carbocycles. The third kappa shape index (κ3) is 3.69. The predicted molar refractivity (Wildman–Crippen MR) is 81.8 cm³/mol. The van der Waals surface area contributed by atoms with Crippen LogP contribution in [-0.4, -0.2) is 35.7 Å². The van der Waals surface area contributed by atoms with Crippen molar-refractivity contribution in [1.29, 1.82) is 0 Å². The number of hydrogen-bond acceptors (Lipinski definition) is 4. The summed E-state index contributed by atoms with van der Waals surface area (Å²) in [5.74, 6) is 0.0996. The number of nitrogens with two attached hydrogens (primary N) is 1. The van der Waals surface area contributed by atoms with E-state index >= 15 is 0 Å². The van der Waals surface area contributed by atoms with Gasteiger partial charge in [-0.1, -0.05) is 0 Å². The average Bonchev–Trinajstić information content (AvgIpc) is 2.59. The van der Waals surface area contributed by atoms with Crippen LogP contribution in [0.5, 0.6) is 5.75 Å². The van der Waals surface area contributed by atoms with Crippen LogP contribution in [0.2, 0.25) is 0 Å². The third-order valence-electron chi connectivity index (χ3n) is 3.34. The van der Waals surface area contributed by atoms with Gasteiger partial charge in [-0.25, -0.2) is 4.79 Å². The maximum absolute atomic E-state index is 12.2. The van der Waals surface area contributed by atoms with Crippen molar-refractivity contribution in [2.45, 2.75) is 39.8 Å². The maximum atomic E-state index is 12.2. The molecule has 0 bridgehead atoms. The summed E-state index contributed by atoms with van der Waals surface area (Å²) < 4.78 is 11.1. The molecule has 0 atom stereocenters. The molecule has 0 spiro atoms. The molecule has 1 aliphatic rings. The van der Waals surface area contributed by atoms with Gasteiger partial charge in [-0.05, 0) is 45.4 Å². The number of carbonyl (C=O) groups excluding carboxylic acids is 2. The van der Waals surface area contributed by atoms with Gasteiger partial charge in [0.2, 0.25) is 5.91 Å². The minimum atomic E-state index is -0.544. The molecule has 6 heteroatoms. The first kappa shape index (κ1) is 16.1. The van der Waals surface area contributed by atoms with Crippen molar-refractivity contribution in [3.8, 4) is 5.75 Å². The quantitative estimate of drug-likeness (QED) is 0.862. The van der Waals surface area contributed by atoms with Crippen LogP contribution in [0, 0.1) is 6.92 Å². The van der Waals surface area contributed by atoms with E-state index in [1.807, 2.05) is 27.7 Å². The summed E-state index contributed by atoms with van der Waals surface area (Å²) in [4.78, 5) is 25.2. The van der Waals surface area contributed by atoms with Crippen LogP contribution in [0.3, 0.4) is 0 Å². The van der Waals surface area contributed by atoms with E-state index in [-0.39, 0.29) is 6.09 Å². The molecule has 2 rings (SSSR count). The minimum absolute atomic E-state index is 0.341. The first-order chi connectivity index (χ1) is 10.2. The number of aryl methyl sites for hydroxylation is 1. The number of rotatable bonds is 1. The van der Waals surface area contributed by atoms with Crippen molar-refractivity contribution in [2.24, 2.45) is 5.73 Å². The van der Waals surface area contributed by atoms with Gasteiger partial charge in [-0.3, -0.25) is 4.79 Å². The lowest BCUT2D eigenvalue weighted by Crippen LogP contribution is -2.37. The number of carbonyl (C=O) groups is 2. The fraction of sp³-hybridized carbons (Fsp3) is 0.500. The molecule has 2 N–H and O–H groups in total. The molecule has 1 aromatic rings. The first-order valence-corrected chi connectivity index (χ1v) is 7.21. The van der Waals surface area contributed by atoms with Crippen LogP contribution in [0.1, 0.15) is 42.3 Å². The summed E-state index contributed by atoms with van der Waals surface area (Å²) in [7, 11) is 0. The van der Waals surface area contributed by atoms with E-state index in [0.29, 0.717) is 31.0 Å². The molecular weight excluding hydrogens is 284 g/mol. The highest BCUT2D eigenvalue weighted by atomic mass is 16.6. The fourth-order valence-corrected chi connectivity index (χ4v) is 2.28. The van der Waals surface area contributed by atoms with Crippen LogP contribution in [0.25, 0.3) is 0 Å². The Morgan fingerprint density at radius 1 is 1.32 bits per heavy atom. The Bertz CT molecular complexity index is 605. The van der Waals surface area contributed by atoms with E-state index in [4.69, 9.17) is 15.2 Å². The van der Waals surface area contributed by atoms with Crippen molar-refractivity contribution in [1.82, 2.24) is 4.90 Å². The number of hydrogen-bond donors (Lipinski definition) is 1. The molecule has 1 aliphatic heterocycles. The van der Waals surface area contributed by atoms with E-state index in [2.05, 4.69) is 0 Å². The molecule has 1 heterocycles. The Balaban J connectivity index is 2.27. The molecule has 0 saturated carbocycles. The van der Waals surface area contributed by atoms with Crippen LogP contribution in [0.15, 0.2) is 12.1 Å². The van der Waals surface area contributed by atoms with Crippen LogP contribution in [-0.2, 0) is 11.3 Å². The SMILES string of the molecule is Cc1cc(C(N)=O)cc2c1CN(C(=O)OC(C)(C)C)CCO2. The Labute approximate surface area is 130 Å². The number of amides is 2. The normalized spacial score (nSPS) is 14.6. The van der Waals surface area contributed by atoms with Gasteiger partial charge >= 0.3 is 6.09 Å². The average molecular weight is 306 g/mol. The van der Waals surface area contributed by atoms with Crippen molar-refractivity contribution in [3.05, 3.63) is 28.8 Å². The largest absolute Gasteiger partial charge is 0.491 e. The van der Waals surface area contributed by atoms with Crippen LogP contribution in [0.4, 0.5) is 4.79 Å². The monoisotopic (exact) mass is 306 g/mol. The Kier molecular flexibility index (Phi) is 4.30. The predicted octanol–water partition coefficient (Wildman–Crippen LogP) is 2.22. The van der Waals surface area contributed by atoms with Gasteiger partial charge in [0.25, 0.3) is 0 Å². The number of nitrogens with zero attached hydrogens (tertiary/aromatic N) is 1. The van der Waals surface area contributed by atoms with Gasteiger partial charge in [0.05, 0.1) is 13.1 Å². The highest BCUT2D eigenvalue weighted by Crippen LogP contribution is 2.28. The van der Waals surface area contributed by atoms with Gasteiger partial charge in [-0.15, -0.1) is 0 Å². The highest BCUT2D eigenvalue weighted by Gasteiger charge is 2.26. The molecular formula is C16H22N2O4. The number of fused-ring (bicyclic) bond motifs is 1. The molecule has 120 valence electrons. The minimum Gasteiger partial charge on any atom is -0.491 e. The zero-order valence-electron chi connectivity index (χ0n) is 13.4. The summed E-state index contributed by atoms with van der Waals surface area (Å²) in [5, 5.41) is 0. The second-order valence-electron chi connectivity index (χ2n) is 6.38. The molecule has 0 unspecified atom stereocenters. The summed E-state index contributed by atoms with van der Waals surface area (Å²) in [5.41, 5.74) is 6.91. The van der Waals surface area contributed by atoms with Gasteiger partial charge in [0.15, 0.2) is 0 Å². The van der Waals surface area contributed by atoms with E-state index in [0.717, 1.165) is 11.1 Å². The Morgan fingerprint density at radius 3 is 2.59 bits per heavy atom. The number of ether oxygens (including phenoxy) is 2. The van der Waals surface area contributed by atoms with Crippen molar-refractivity contribution in [3.63, 3.8) is 0 Å². The standard InChI is InChI=1S/C16H22N2O4/c1-10-7-11(14(17)19)8-13-12(10)9-18(5-6-21-13)15(20)22-16(2,3)4/h7-8H,5-6,9H2,1-4H3,(H2,17,19). The van der Waals surface area contributed by atoms with E-state index in [1.54, 1.807) is 17.0 Å². The Hall–Kier alpha value is -2.24.